The van der Waals surface area contributed by atoms with E-state index in [0.29, 0.717) is 0 Å². The van der Waals surface area contributed by atoms with Gasteiger partial charge in [-0.2, -0.15) is 0 Å². The number of hydrogen-bond acceptors (Lipinski definition) is 1. The molecule has 2 heteroatoms. The Labute approximate surface area is 143 Å². The molecule has 0 heterocycles. The van der Waals surface area contributed by atoms with Crippen molar-refractivity contribution in [1.29, 1.82) is 0 Å². The van der Waals surface area contributed by atoms with Crippen molar-refractivity contribution in [3.05, 3.63) is 84.9 Å². The topological polar surface area (TPSA) is 9.23 Å². The van der Waals surface area contributed by atoms with Crippen LogP contribution in [0.1, 0.15) is 5.56 Å². The van der Waals surface area contributed by atoms with Crippen LogP contribution in [0.3, 0.4) is 0 Å². The average molecular weight is 310 g/mol. The van der Waals surface area contributed by atoms with Crippen LogP contribution in [0.5, 0.6) is 0 Å². The summed E-state index contributed by atoms with van der Waals surface area (Å²) in [5.41, 5.74) is 0.633. The summed E-state index contributed by atoms with van der Waals surface area (Å²) in [7, 11) is 3.77. The lowest BCUT2D eigenvalue weighted by Crippen LogP contribution is -2.25. The van der Waals surface area contributed by atoms with Crippen LogP contribution in [0.15, 0.2) is 79.4 Å². The van der Waals surface area contributed by atoms with E-state index in [2.05, 4.69) is 73.3 Å². The zero-order chi connectivity index (χ0) is 16.7. The van der Waals surface area contributed by atoms with Gasteiger partial charge in [0.25, 0.3) is 0 Å². The summed E-state index contributed by atoms with van der Waals surface area (Å²) in [5, 5.41) is 7.68. The van der Waals surface area contributed by atoms with Crippen LogP contribution in [-0.2, 0) is 10.2 Å². The van der Waals surface area contributed by atoms with Crippen molar-refractivity contribution in [1.82, 2.24) is 0 Å². The molecule has 1 unspecified atom stereocenters. The molecule has 4 rings (SSSR count). The average Bonchev–Trinajstić information content (AvgIpc) is 2.67. The predicted octanol–water partition coefficient (Wildman–Crippen LogP) is 4.76. The summed E-state index contributed by atoms with van der Waals surface area (Å²) in [5.74, 6) is 0. The molecule has 0 saturated carbocycles. The first-order chi connectivity index (χ1) is 11.7. The van der Waals surface area contributed by atoms with Crippen molar-refractivity contribution < 1.29 is 4.74 Å². The van der Waals surface area contributed by atoms with Gasteiger partial charge in [-0.15, -0.1) is 6.58 Å². The van der Waals surface area contributed by atoms with E-state index in [1.807, 2.05) is 13.9 Å². The van der Waals surface area contributed by atoms with E-state index in [-0.39, 0.29) is 0 Å². The highest BCUT2D eigenvalue weighted by Crippen LogP contribution is 2.37. The van der Waals surface area contributed by atoms with E-state index in [1.165, 1.54) is 32.3 Å². The largest absolute Gasteiger partial charge is 0.379 e. The van der Waals surface area contributed by atoms with E-state index >= 15 is 0 Å². The highest BCUT2D eigenvalue weighted by atomic mass is 16.5. The molecule has 0 aliphatic carbocycles. The Hall–Kier alpha value is -2.58. The Morgan fingerprint density at radius 1 is 0.792 bits per heavy atom. The third-order valence-corrected chi connectivity index (χ3v) is 5.13. The van der Waals surface area contributed by atoms with Crippen molar-refractivity contribution in [3.8, 4) is 0 Å². The minimum absolute atomic E-state index is 0.485. The fourth-order valence-electron chi connectivity index (χ4n) is 3.54. The molecule has 4 aromatic rings. The van der Waals surface area contributed by atoms with Gasteiger partial charge in [-0.3, -0.25) is 0 Å². The van der Waals surface area contributed by atoms with Gasteiger partial charge in [-0.05, 0) is 43.9 Å². The van der Waals surface area contributed by atoms with Gasteiger partial charge >= 0.3 is 0 Å². The highest BCUT2D eigenvalue weighted by molar-refractivity contribution is 6.25. The van der Waals surface area contributed by atoms with E-state index in [4.69, 9.17) is 4.74 Å². The van der Waals surface area contributed by atoms with Crippen LogP contribution in [0.2, 0.25) is 0 Å². The second kappa shape index (κ2) is 5.50. The number of ether oxygens (including phenoxy) is 1. The predicted molar refractivity (Wildman–Crippen MR) is 106 cm³/mol. The van der Waals surface area contributed by atoms with Crippen molar-refractivity contribution in [2.75, 3.05) is 7.11 Å². The van der Waals surface area contributed by atoms with Gasteiger partial charge in [0, 0.05) is 7.11 Å². The molecule has 0 radical (unpaired) electrons. The number of benzene rings is 4. The third-order valence-electron chi connectivity index (χ3n) is 5.13. The number of hydrogen-bond donors (Lipinski definition) is 0. The molecule has 0 aromatic heterocycles. The lowest BCUT2D eigenvalue weighted by Gasteiger charge is -2.25. The van der Waals surface area contributed by atoms with Crippen molar-refractivity contribution in [2.45, 2.75) is 5.50 Å². The van der Waals surface area contributed by atoms with Gasteiger partial charge in [0.1, 0.15) is 0 Å². The quantitative estimate of drug-likeness (QED) is 0.301. The molecule has 0 N–H and O–H groups in total. The Morgan fingerprint density at radius 3 is 1.71 bits per heavy atom. The molecule has 0 bridgehead atoms. The van der Waals surface area contributed by atoms with E-state index in [0.717, 1.165) is 5.56 Å². The minimum atomic E-state index is -0.485. The lowest BCUT2D eigenvalue weighted by atomic mass is 9.74. The Bertz CT molecular complexity index is 1050. The molecule has 0 aliphatic rings. The number of methoxy groups -OCH3 is 1. The first-order valence-electron chi connectivity index (χ1n) is 8.20. The first kappa shape index (κ1) is 15.0. The first-order valence-corrected chi connectivity index (χ1v) is 8.20. The van der Waals surface area contributed by atoms with Crippen molar-refractivity contribution >= 4 is 40.2 Å². The molecule has 4 aromatic carbocycles. The smallest absolute Gasteiger partial charge is 0.154 e. The summed E-state index contributed by atoms with van der Waals surface area (Å²) >= 11 is 0. The molecular weight excluding hydrogens is 291 g/mol. The molecule has 1 nitrogen and oxygen atoms in total. The van der Waals surface area contributed by atoms with Gasteiger partial charge in [-0.25, -0.2) is 0 Å². The lowest BCUT2D eigenvalue weighted by molar-refractivity contribution is 0.103. The maximum absolute atomic E-state index is 5.70. The van der Waals surface area contributed by atoms with E-state index in [1.54, 1.807) is 7.11 Å². The molecule has 116 valence electrons. The number of fused-ring (bicyclic) bond motifs is 6. The van der Waals surface area contributed by atoms with Gasteiger partial charge < -0.3 is 4.74 Å². The van der Waals surface area contributed by atoms with Crippen molar-refractivity contribution in [3.63, 3.8) is 0 Å². The normalized spacial score (nSPS) is 14.0. The van der Waals surface area contributed by atoms with Gasteiger partial charge in [-0.1, -0.05) is 66.7 Å². The standard InChI is InChI=1S/C22H19BO/c1-3-22(23,24-2)15-12-13-20-18-10-5-4-8-16(18)17-9-6-7-11-19(17)21(20)14-15/h3-14H,1,23H2,2H3. The summed E-state index contributed by atoms with van der Waals surface area (Å²) in [6, 6.07) is 23.8. The SMILES string of the molecule is BC(C=C)(OC)c1ccc2c3ccccc3c3ccccc3c2c1. The second-order valence-electron chi connectivity index (χ2n) is 6.37. The molecule has 0 amide bonds. The van der Waals surface area contributed by atoms with Gasteiger partial charge in [0.2, 0.25) is 0 Å². The van der Waals surface area contributed by atoms with Crippen LogP contribution in [0, 0.1) is 0 Å². The maximum atomic E-state index is 5.70. The Morgan fingerprint density at radius 2 is 1.25 bits per heavy atom. The van der Waals surface area contributed by atoms with Crippen LogP contribution < -0.4 is 0 Å². The Kier molecular flexibility index (Phi) is 3.43. The Balaban J connectivity index is 2.20. The molecule has 0 fully saturated rings. The zero-order valence-electron chi connectivity index (χ0n) is 14.0. The van der Waals surface area contributed by atoms with Crippen LogP contribution in [0.4, 0.5) is 0 Å². The number of rotatable bonds is 3. The molecule has 0 saturated heterocycles. The molecule has 0 spiro atoms. The third kappa shape index (κ3) is 2.07. The fraction of sp³-hybridized carbons (Fsp3) is 0.0909. The second-order valence-corrected chi connectivity index (χ2v) is 6.37. The highest BCUT2D eigenvalue weighted by Gasteiger charge is 2.22. The van der Waals surface area contributed by atoms with Crippen LogP contribution in [0.25, 0.3) is 32.3 Å². The monoisotopic (exact) mass is 310 g/mol. The van der Waals surface area contributed by atoms with Gasteiger partial charge in [0.15, 0.2) is 7.85 Å². The van der Waals surface area contributed by atoms with E-state index in [9.17, 15) is 0 Å². The summed E-state index contributed by atoms with van der Waals surface area (Å²) < 4.78 is 5.70. The minimum Gasteiger partial charge on any atom is -0.379 e. The van der Waals surface area contributed by atoms with E-state index < -0.39 is 5.50 Å². The molecular formula is C22H19BO. The fourth-order valence-corrected chi connectivity index (χ4v) is 3.54. The molecule has 1 atom stereocenters. The zero-order valence-corrected chi connectivity index (χ0v) is 14.0. The summed E-state index contributed by atoms with van der Waals surface area (Å²) in [4.78, 5) is 0. The summed E-state index contributed by atoms with van der Waals surface area (Å²) in [6.07, 6.45) is 1.86. The maximum Gasteiger partial charge on any atom is 0.154 e. The molecule has 0 aliphatic heterocycles. The van der Waals surface area contributed by atoms with Crippen LogP contribution >= 0.6 is 0 Å². The summed E-state index contributed by atoms with van der Waals surface area (Å²) in [6.45, 7) is 3.95. The van der Waals surface area contributed by atoms with Crippen molar-refractivity contribution in [2.24, 2.45) is 0 Å². The van der Waals surface area contributed by atoms with Crippen LogP contribution in [-0.4, -0.2) is 15.0 Å². The molecule has 24 heavy (non-hydrogen) atoms. The van der Waals surface area contributed by atoms with Gasteiger partial charge in [0.05, 0.1) is 5.50 Å².